The van der Waals surface area contributed by atoms with Gasteiger partial charge in [0.2, 0.25) is 0 Å². The van der Waals surface area contributed by atoms with Crippen molar-refractivity contribution in [2.75, 3.05) is 24.9 Å². The predicted molar refractivity (Wildman–Crippen MR) is 82.8 cm³/mol. The molecule has 1 aliphatic carbocycles. The minimum Gasteiger partial charge on any atom is -0.314 e. The maximum Gasteiger partial charge on any atom is 0.302 e. The van der Waals surface area contributed by atoms with E-state index in [-0.39, 0.29) is 0 Å². The summed E-state index contributed by atoms with van der Waals surface area (Å²) in [7, 11) is -1.99. The predicted octanol–water partition coefficient (Wildman–Crippen LogP) is 1.57. The Labute approximate surface area is 128 Å². The third-order valence-electron chi connectivity index (χ3n) is 3.05. The van der Waals surface area contributed by atoms with Crippen LogP contribution in [0.4, 0.5) is 5.82 Å². The fourth-order valence-corrected chi connectivity index (χ4v) is 3.09. The standard InChI is InChI=1S/C12H19BrN4O2S/c1-17(9-3-8-14-10-5-6-10)20(18,19)16-12-11(13)4-2-7-15-12/h2,4,7,10,14H,3,5-6,8-9H2,1H3,(H,15,16). The third-order valence-corrected chi connectivity index (χ3v) is 5.15. The number of anilines is 1. The Morgan fingerprint density at radius 1 is 1.50 bits per heavy atom. The van der Waals surface area contributed by atoms with Gasteiger partial charge in [0.15, 0.2) is 5.82 Å². The van der Waals surface area contributed by atoms with Gasteiger partial charge >= 0.3 is 10.2 Å². The minimum absolute atomic E-state index is 0.301. The summed E-state index contributed by atoms with van der Waals surface area (Å²) in [6, 6.07) is 4.12. The van der Waals surface area contributed by atoms with Gasteiger partial charge in [0.25, 0.3) is 0 Å². The zero-order valence-corrected chi connectivity index (χ0v) is 13.7. The van der Waals surface area contributed by atoms with Gasteiger partial charge in [-0.25, -0.2) is 4.98 Å². The molecular weight excluding hydrogens is 344 g/mol. The molecule has 0 aromatic carbocycles. The molecule has 2 rings (SSSR count). The summed E-state index contributed by atoms with van der Waals surface area (Å²) < 4.78 is 28.6. The summed E-state index contributed by atoms with van der Waals surface area (Å²) in [6.07, 6.45) is 4.81. The van der Waals surface area contributed by atoms with Gasteiger partial charge in [-0.15, -0.1) is 0 Å². The van der Waals surface area contributed by atoms with Gasteiger partial charge in [0.05, 0.1) is 4.47 Å². The second kappa shape index (κ2) is 6.84. The molecule has 0 spiro atoms. The van der Waals surface area contributed by atoms with E-state index in [9.17, 15) is 8.42 Å². The van der Waals surface area contributed by atoms with E-state index in [4.69, 9.17) is 0 Å². The van der Waals surface area contributed by atoms with Crippen molar-refractivity contribution < 1.29 is 8.42 Å². The monoisotopic (exact) mass is 362 g/mol. The van der Waals surface area contributed by atoms with Crippen LogP contribution in [-0.2, 0) is 10.2 Å². The first-order chi connectivity index (χ1) is 9.49. The van der Waals surface area contributed by atoms with Crippen molar-refractivity contribution in [2.45, 2.75) is 25.3 Å². The van der Waals surface area contributed by atoms with Gasteiger partial charge in [-0.1, -0.05) is 0 Å². The largest absolute Gasteiger partial charge is 0.314 e. The molecule has 0 saturated heterocycles. The van der Waals surface area contributed by atoms with Crippen LogP contribution in [0.15, 0.2) is 22.8 Å². The van der Waals surface area contributed by atoms with Crippen LogP contribution in [0.5, 0.6) is 0 Å². The molecule has 1 saturated carbocycles. The average molecular weight is 363 g/mol. The van der Waals surface area contributed by atoms with Crippen LogP contribution >= 0.6 is 15.9 Å². The lowest BCUT2D eigenvalue weighted by Gasteiger charge is -2.18. The van der Waals surface area contributed by atoms with E-state index in [1.54, 1.807) is 25.4 Å². The quantitative estimate of drug-likeness (QED) is 0.688. The van der Waals surface area contributed by atoms with E-state index in [2.05, 4.69) is 31.0 Å². The van der Waals surface area contributed by atoms with Gasteiger partial charge < -0.3 is 5.32 Å². The fraction of sp³-hybridized carbons (Fsp3) is 0.583. The molecule has 2 N–H and O–H groups in total. The lowest BCUT2D eigenvalue weighted by atomic mass is 10.4. The Morgan fingerprint density at radius 2 is 2.25 bits per heavy atom. The maximum absolute atomic E-state index is 12.1. The van der Waals surface area contributed by atoms with E-state index >= 15 is 0 Å². The second-order valence-corrected chi connectivity index (χ2v) is 7.48. The number of nitrogens with one attached hydrogen (secondary N) is 2. The molecular formula is C12H19BrN4O2S. The van der Waals surface area contributed by atoms with Gasteiger partial charge in [0.1, 0.15) is 0 Å². The minimum atomic E-state index is -3.56. The van der Waals surface area contributed by atoms with Crippen molar-refractivity contribution in [3.63, 3.8) is 0 Å². The number of pyridine rings is 1. The van der Waals surface area contributed by atoms with Crippen LogP contribution in [0.25, 0.3) is 0 Å². The Kier molecular flexibility index (Phi) is 5.36. The number of hydrogen-bond acceptors (Lipinski definition) is 4. The molecule has 0 atom stereocenters. The normalized spacial score (nSPS) is 15.6. The molecule has 1 aromatic heterocycles. The molecule has 112 valence electrons. The molecule has 0 radical (unpaired) electrons. The maximum atomic E-state index is 12.1. The zero-order chi connectivity index (χ0) is 14.6. The summed E-state index contributed by atoms with van der Waals surface area (Å²) in [5, 5.41) is 3.36. The summed E-state index contributed by atoms with van der Waals surface area (Å²) in [4.78, 5) is 4.00. The highest BCUT2D eigenvalue weighted by molar-refractivity contribution is 9.10. The van der Waals surface area contributed by atoms with Crippen molar-refractivity contribution in [3.8, 4) is 0 Å². The molecule has 6 nitrogen and oxygen atoms in total. The van der Waals surface area contributed by atoms with E-state index in [1.807, 2.05) is 0 Å². The number of hydrogen-bond donors (Lipinski definition) is 2. The molecule has 1 heterocycles. The van der Waals surface area contributed by atoms with Crippen molar-refractivity contribution in [1.82, 2.24) is 14.6 Å². The number of aromatic nitrogens is 1. The summed E-state index contributed by atoms with van der Waals surface area (Å²) in [5.41, 5.74) is 0. The molecule has 1 aliphatic rings. The number of rotatable bonds is 8. The lowest BCUT2D eigenvalue weighted by Crippen LogP contribution is -2.35. The van der Waals surface area contributed by atoms with E-state index < -0.39 is 10.2 Å². The highest BCUT2D eigenvalue weighted by Crippen LogP contribution is 2.20. The van der Waals surface area contributed by atoms with Crippen molar-refractivity contribution >= 4 is 32.0 Å². The van der Waals surface area contributed by atoms with E-state index in [0.29, 0.717) is 22.9 Å². The Morgan fingerprint density at radius 3 is 2.90 bits per heavy atom. The van der Waals surface area contributed by atoms with Crippen molar-refractivity contribution in [3.05, 3.63) is 22.8 Å². The first-order valence-electron chi connectivity index (χ1n) is 6.57. The summed E-state index contributed by atoms with van der Waals surface area (Å²) in [6.45, 7) is 1.32. The van der Waals surface area contributed by atoms with Crippen LogP contribution in [0, 0.1) is 0 Å². The summed E-state index contributed by atoms with van der Waals surface area (Å²) in [5.74, 6) is 0.301. The van der Waals surface area contributed by atoms with E-state index in [0.717, 1.165) is 13.0 Å². The number of nitrogens with zero attached hydrogens (tertiary/aromatic N) is 2. The van der Waals surface area contributed by atoms with Crippen LogP contribution in [0.3, 0.4) is 0 Å². The van der Waals surface area contributed by atoms with Gasteiger partial charge in [-0.05, 0) is 53.9 Å². The van der Waals surface area contributed by atoms with Gasteiger partial charge in [-0.2, -0.15) is 12.7 Å². The SMILES string of the molecule is CN(CCCNC1CC1)S(=O)(=O)Nc1ncccc1Br. The highest BCUT2D eigenvalue weighted by atomic mass is 79.9. The third kappa shape index (κ3) is 4.69. The molecule has 0 aliphatic heterocycles. The molecule has 1 fully saturated rings. The van der Waals surface area contributed by atoms with Crippen LogP contribution in [-0.4, -0.2) is 43.9 Å². The van der Waals surface area contributed by atoms with Crippen LogP contribution < -0.4 is 10.0 Å². The first kappa shape index (κ1) is 15.7. The number of halogens is 1. The molecule has 8 heteroatoms. The van der Waals surface area contributed by atoms with E-state index in [1.165, 1.54) is 17.1 Å². The Bertz CT molecular complexity index is 548. The van der Waals surface area contributed by atoms with Gasteiger partial charge in [-0.3, -0.25) is 4.72 Å². The average Bonchev–Trinajstić information content (AvgIpc) is 3.21. The molecule has 0 bridgehead atoms. The zero-order valence-electron chi connectivity index (χ0n) is 11.3. The Balaban J connectivity index is 1.83. The van der Waals surface area contributed by atoms with Crippen LogP contribution in [0.1, 0.15) is 19.3 Å². The summed E-state index contributed by atoms with van der Waals surface area (Å²) >= 11 is 3.27. The highest BCUT2D eigenvalue weighted by Gasteiger charge is 2.21. The lowest BCUT2D eigenvalue weighted by molar-refractivity contribution is 0.457. The topological polar surface area (TPSA) is 74.3 Å². The molecule has 1 aromatic rings. The first-order valence-corrected chi connectivity index (χ1v) is 8.80. The second-order valence-electron chi connectivity index (χ2n) is 4.84. The van der Waals surface area contributed by atoms with Crippen LogP contribution in [0.2, 0.25) is 0 Å². The van der Waals surface area contributed by atoms with Crippen molar-refractivity contribution in [2.24, 2.45) is 0 Å². The fourth-order valence-electron chi connectivity index (χ4n) is 1.68. The van der Waals surface area contributed by atoms with Crippen molar-refractivity contribution in [1.29, 1.82) is 0 Å². The smallest absolute Gasteiger partial charge is 0.302 e. The molecule has 0 amide bonds. The molecule has 20 heavy (non-hydrogen) atoms. The van der Waals surface area contributed by atoms with Gasteiger partial charge in [0, 0.05) is 25.8 Å². The Hall–Kier alpha value is -0.700. The molecule has 0 unspecified atom stereocenters.